The monoisotopic (exact) mass is 329 g/mol. The molecule has 0 bridgehead atoms. The third-order valence-corrected chi connectivity index (χ3v) is 4.96. The number of hydrogen-bond acceptors (Lipinski definition) is 3. The molecule has 1 fully saturated rings. The van der Waals surface area contributed by atoms with Crippen LogP contribution in [0.2, 0.25) is 0 Å². The average molecular weight is 330 g/mol. The van der Waals surface area contributed by atoms with Crippen molar-refractivity contribution in [2.24, 2.45) is 13.0 Å². The molecule has 0 spiro atoms. The van der Waals surface area contributed by atoms with Gasteiger partial charge in [-0.25, -0.2) is 0 Å². The van der Waals surface area contributed by atoms with E-state index in [0.717, 1.165) is 28.9 Å². The fourth-order valence-electron chi connectivity index (χ4n) is 2.74. The minimum atomic E-state index is 0.303. The number of likely N-dealkylation sites (N-methyl/N-ethyl adjacent to an activating group) is 1. The highest BCUT2D eigenvalue weighted by atomic mass is 79.9. The van der Waals surface area contributed by atoms with Crippen molar-refractivity contribution in [2.75, 3.05) is 14.2 Å². The normalized spacial score (nSPS) is 18.6. The molecule has 1 N–H and O–H groups in total. The van der Waals surface area contributed by atoms with Crippen LogP contribution in [0, 0.1) is 5.92 Å². The minimum absolute atomic E-state index is 0.303. The molecule has 1 aliphatic rings. The Balaban J connectivity index is 2.15. The van der Waals surface area contributed by atoms with Crippen molar-refractivity contribution in [3.8, 4) is 0 Å². The maximum Gasteiger partial charge on any atom is 0.0766 e. The quantitative estimate of drug-likeness (QED) is 0.834. The number of nitrogens with zero attached hydrogens (tertiary/aromatic N) is 2. The Labute approximate surface area is 124 Å². The van der Waals surface area contributed by atoms with E-state index in [4.69, 9.17) is 4.74 Å². The van der Waals surface area contributed by atoms with E-state index >= 15 is 0 Å². The van der Waals surface area contributed by atoms with Gasteiger partial charge in [0, 0.05) is 26.6 Å². The fraction of sp³-hybridized carbons (Fsp3) is 0.786. The molecular formula is C14H24BrN3O. The lowest BCUT2D eigenvalue weighted by Crippen LogP contribution is -2.42. The van der Waals surface area contributed by atoms with Crippen LogP contribution in [0.4, 0.5) is 0 Å². The molecule has 1 aromatic heterocycles. The number of hydrogen-bond donors (Lipinski definition) is 1. The molecule has 0 aliphatic heterocycles. The number of nitrogens with one attached hydrogen (secondary N) is 1. The molecule has 4 nitrogen and oxygen atoms in total. The Hall–Kier alpha value is -0.390. The van der Waals surface area contributed by atoms with E-state index < -0.39 is 0 Å². The van der Waals surface area contributed by atoms with E-state index in [1.54, 1.807) is 0 Å². The van der Waals surface area contributed by atoms with Gasteiger partial charge in [0.2, 0.25) is 0 Å². The summed E-state index contributed by atoms with van der Waals surface area (Å²) in [7, 11) is 5.86. The summed E-state index contributed by atoms with van der Waals surface area (Å²) in [6.45, 7) is 2.13. The SMILES string of the molecule is CCc1nn(C)c(CC(NC)C(OC)C2CC2)c1Br. The molecule has 2 atom stereocenters. The van der Waals surface area contributed by atoms with Crippen LogP contribution >= 0.6 is 15.9 Å². The topological polar surface area (TPSA) is 39.1 Å². The first-order chi connectivity index (χ1) is 9.12. The maximum atomic E-state index is 5.70. The number of ether oxygens (including phenoxy) is 1. The smallest absolute Gasteiger partial charge is 0.0766 e. The summed E-state index contributed by atoms with van der Waals surface area (Å²) in [5.74, 6) is 0.722. The molecule has 108 valence electrons. The van der Waals surface area contributed by atoms with Crippen molar-refractivity contribution >= 4 is 15.9 Å². The molecule has 1 aliphatic carbocycles. The predicted octanol–water partition coefficient (Wildman–Crippen LogP) is 2.30. The Morgan fingerprint density at radius 2 is 2.21 bits per heavy atom. The second-order valence-electron chi connectivity index (χ2n) is 5.32. The number of aryl methyl sites for hydroxylation is 2. The maximum absolute atomic E-state index is 5.70. The van der Waals surface area contributed by atoms with Gasteiger partial charge in [-0.2, -0.15) is 5.10 Å². The third-order valence-electron chi connectivity index (χ3n) is 4.04. The Kier molecular flexibility index (Phi) is 5.03. The van der Waals surface area contributed by atoms with Gasteiger partial charge in [-0.1, -0.05) is 6.92 Å². The van der Waals surface area contributed by atoms with Crippen LogP contribution < -0.4 is 5.32 Å². The summed E-state index contributed by atoms with van der Waals surface area (Å²) in [4.78, 5) is 0. The summed E-state index contributed by atoms with van der Waals surface area (Å²) < 4.78 is 8.85. The van der Waals surface area contributed by atoms with Crippen molar-refractivity contribution in [1.29, 1.82) is 0 Å². The lowest BCUT2D eigenvalue weighted by atomic mass is 10.0. The van der Waals surface area contributed by atoms with Crippen molar-refractivity contribution in [3.05, 3.63) is 15.9 Å². The molecule has 0 radical (unpaired) electrons. The number of methoxy groups -OCH3 is 1. The van der Waals surface area contributed by atoms with Crippen LogP contribution in [0.3, 0.4) is 0 Å². The summed E-state index contributed by atoms with van der Waals surface area (Å²) in [6.07, 6.45) is 4.79. The Morgan fingerprint density at radius 3 is 2.63 bits per heavy atom. The standard InChI is InChI=1S/C14H24BrN3O/c1-5-10-13(15)12(18(3)17-10)8-11(16-2)14(19-4)9-6-7-9/h9,11,14,16H,5-8H2,1-4H3. The molecule has 19 heavy (non-hydrogen) atoms. The van der Waals surface area contributed by atoms with Crippen LogP contribution in [0.1, 0.15) is 31.2 Å². The first kappa shape index (κ1) is 15.0. The van der Waals surface area contributed by atoms with Gasteiger partial charge in [-0.05, 0) is 48.2 Å². The third kappa shape index (κ3) is 3.20. The highest BCUT2D eigenvalue weighted by molar-refractivity contribution is 9.10. The average Bonchev–Trinajstić information content (AvgIpc) is 3.20. The van der Waals surface area contributed by atoms with Crippen molar-refractivity contribution in [1.82, 2.24) is 15.1 Å². The van der Waals surface area contributed by atoms with Gasteiger partial charge >= 0.3 is 0 Å². The Bertz CT molecular complexity index is 429. The molecule has 1 heterocycles. The van der Waals surface area contributed by atoms with E-state index in [1.807, 2.05) is 25.9 Å². The molecule has 1 aromatic rings. The van der Waals surface area contributed by atoms with Crippen LogP contribution in [-0.2, 0) is 24.6 Å². The summed E-state index contributed by atoms with van der Waals surface area (Å²) in [5, 5.41) is 7.98. The highest BCUT2D eigenvalue weighted by Gasteiger charge is 2.36. The predicted molar refractivity (Wildman–Crippen MR) is 80.4 cm³/mol. The zero-order valence-electron chi connectivity index (χ0n) is 12.2. The van der Waals surface area contributed by atoms with Gasteiger partial charge in [-0.3, -0.25) is 4.68 Å². The highest BCUT2D eigenvalue weighted by Crippen LogP contribution is 2.36. The van der Waals surface area contributed by atoms with E-state index in [0.29, 0.717) is 12.1 Å². The summed E-state index contributed by atoms with van der Waals surface area (Å²) in [5.41, 5.74) is 2.38. The largest absolute Gasteiger partial charge is 0.380 e. The van der Waals surface area contributed by atoms with Crippen molar-refractivity contribution in [3.63, 3.8) is 0 Å². The van der Waals surface area contributed by atoms with Gasteiger partial charge in [-0.15, -0.1) is 0 Å². The summed E-state index contributed by atoms with van der Waals surface area (Å²) in [6, 6.07) is 0.342. The number of rotatable bonds is 7. The van der Waals surface area contributed by atoms with Gasteiger partial charge < -0.3 is 10.1 Å². The second-order valence-corrected chi connectivity index (χ2v) is 6.11. The van der Waals surface area contributed by atoms with Gasteiger partial charge in [0.15, 0.2) is 0 Å². The van der Waals surface area contributed by atoms with Gasteiger partial charge in [0.1, 0.15) is 0 Å². The lowest BCUT2D eigenvalue weighted by molar-refractivity contribution is 0.0528. The van der Waals surface area contributed by atoms with E-state index in [2.05, 4.69) is 33.3 Å². The molecule has 2 rings (SSSR count). The van der Waals surface area contributed by atoms with Crippen LogP contribution in [0.25, 0.3) is 0 Å². The minimum Gasteiger partial charge on any atom is -0.380 e. The molecule has 2 unspecified atom stereocenters. The summed E-state index contributed by atoms with van der Waals surface area (Å²) >= 11 is 3.69. The molecule has 0 amide bonds. The first-order valence-electron chi connectivity index (χ1n) is 7.02. The number of halogens is 1. The number of aromatic nitrogens is 2. The van der Waals surface area contributed by atoms with E-state index in [9.17, 15) is 0 Å². The van der Waals surface area contributed by atoms with Crippen molar-refractivity contribution in [2.45, 2.75) is 44.8 Å². The zero-order valence-corrected chi connectivity index (χ0v) is 13.8. The molecule has 0 aromatic carbocycles. The fourth-order valence-corrected chi connectivity index (χ4v) is 3.52. The Morgan fingerprint density at radius 1 is 1.53 bits per heavy atom. The van der Waals surface area contributed by atoms with Crippen LogP contribution in [0.5, 0.6) is 0 Å². The molecular weight excluding hydrogens is 306 g/mol. The van der Waals surface area contributed by atoms with E-state index in [1.165, 1.54) is 18.5 Å². The van der Waals surface area contributed by atoms with Crippen molar-refractivity contribution < 1.29 is 4.74 Å². The van der Waals surface area contributed by atoms with E-state index in [-0.39, 0.29) is 0 Å². The van der Waals surface area contributed by atoms with Crippen LogP contribution in [-0.4, -0.2) is 36.1 Å². The van der Waals surface area contributed by atoms with Crippen LogP contribution in [0.15, 0.2) is 4.47 Å². The molecule has 5 heteroatoms. The molecule has 1 saturated carbocycles. The lowest BCUT2D eigenvalue weighted by Gasteiger charge is -2.26. The van der Waals surface area contributed by atoms with Gasteiger partial charge in [0.05, 0.1) is 22.0 Å². The van der Waals surface area contributed by atoms with Gasteiger partial charge in [0.25, 0.3) is 0 Å². The zero-order chi connectivity index (χ0) is 14.0. The molecule has 0 saturated heterocycles. The first-order valence-corrected chi connectivity index (χ1v) is 7.81. The second kappa shape index (κ2) is 6.37.